The van der Waals surface area contributed by atoms with Crippen molar-refractivity contribution in [3.05, 3.63) is 0 Å². The van der Waals surface area contributed by atoms with E-state index in [0.717, 1.165) is 25.6 Å². The normalized spacial score (nSPS) is 30.8. The molecule has 1 aliphatic carbocycles. The molecule has 1 saturated heterocycles. The summed E-state index contributed by atoms with van der Waals surface area (Å²) in [7, 11) is 2.15. The van der Waals surface area contributed by atoms with Gasteiger partial charge in [0.15, 0.2) is 0 Å². The molecule has 0 amide bonds. The van der Waals surface area contributed by atoms with Gasteiger partial charge in [-0.05, 0) is 19.4 Å². The minimum atomic E-state index is 0.268. The average Bonchev–Trinajstić information content (AvgIpc) is 2.78. The summed E-state index contributed by atoms with van der Waals surface area (Å²) in [4.78, 5) is 2.33. The Morgan fingerprint density at radius 2 is 2.19 bits per heavy atom. The van der Waals surface area contributed by atoms with Crippen molar-refractivity contribution in [1.82, 2.24) is 10.3 Å². The van der Waals surface area contributed by atoms with E-state index in [1.54, 1.807) is 0 Å². The minimum Gasteiger partial charge on any atom is -0.374 e. The Kier molecular flexibility index (Phi) is 4.58. The highest BCUT2D eigenvalue weighted by Gasteiger charge is 2.29. The van der Waals surface area contributed by atoms with Crippen molar-refractivity contribution < 1.29 is 4.74 Å². The number of hydrogen-bond acceptors (Lipinski definition) is 4. The molecule has 0 spiro atoms. The maximum Gasteiger partial charge on any atom is 0.0868 e. The lowest BCUT2D eigenvalue weighted by Crippen LogP contribution is -2.53. The Balaban J connectivity index is 1.82. The molecule has 3 N–H and O–H groups in total. The minimum absolute atomic E-state index is 0.268. The molecule has 2 rings (SSSR count). The first kappa shape index (κ1) is 12.3. The third-order valence-corrected chi connectivity index (χ3v) is 4.02. The molecule has 0 aromatic rings. The Morgan fingerprint density at radius 3 is 2.81 bits per heavy atom. The van der Waals surface area contributed by atoms with E-state index in [9.17, 15) is 0 Å². The van der Waals surface area contributed by atoms with Crippen LogP contribution in [0.5, 0.6) is 0 Å². The molecule has 1 heterocycles. The quantitative estimate of drug-likeness (QED) is 0.549. The van der Waals surface area contributed by atoms with Crippen molar-refractivity contribution in [2.75, 3.05) is 26.7 Å². The zero-order valence-corrected chi connectivity index (χ0v) is 10.3. The molecule has 2 aliphatic rings. The molecule has 4 heteroatoms. The van der Waals surface area contributed by atoms with Gasteiger partial charge in [0.25, 0.3) is 0 Å². The van der Waals surface area contributed by atoms with Gasteiger partial charge in [0.1, 0.15) is 0 Å². The Hall–Kier alpha value is -0.160. The monoisotopic (exact) mass is 227 g/mol. The zero-order chi connectivity index (χ0) is 11.4. The molecule has 1 saturated carbocycles. The van der Waals surface area contributed by atoms with Crippen LogP contribution in [-0.2, 0) is 4.74 Å². The third kappa shape index (κ3) is 3.17. The average molecular weight is 227 g/mol. The highest BCUT2D eigenvalue weighted by Crippen LogP contribution is 2.29. The van der Waals surface area contributed by atoms with Gasteiger partial charge < -0.3 is 9.64 Å². The molecule has 1 aliphatic heterocycles. The van der Waals surface area contributed by atoms with Crippen molar-refractivity contribution in [2.45, 2.75) is 44.2 Å². The Bertz CT molecular complexity index is 206. The predicted octanol–water partition coefficient (Wildman–Crippen LogP) is 0.729. The second-order valence-corrected chi connectivity index (χ2v) is 5.33. The van der Waals surface area contributed by atoms with Crippen LogP contribution in [0, 0.1) is 5.92 Å². The molecule has 0 bridgehead atoms. The van der Waals surface area contributed by atoms with Crippen LogP contribution in [0.15, 0.2) is 0 Å². The van der Waals surface area contributed by atoms with Gasteiger partial charge in [0, 0.05) is 19.1 Å². The third-order valence-electron chi connectivity index (χ3n) is 4.02. The molecule has 4 nitrogen and oxygen atoms in total. The summed E-state index contributed by atoms with van der Waals surface area (Å²) in [5.74, 6) is 6.54. The van der Waals surface area contributed by atoms with Gasteiger partial charge >= 0.3 is 0 Å². The van der Waals surface area contributed by atoms with Crippen molar-refractivity contribution >= 4 is 0 Å². The maximum absolute atomic E-state index is 5.83. The van der Waals surface area contributed by atoms with Gasteiger partial charge in [-0.1, -0.05) is 25.7 Å². The fourth-order valence-electron chi connectivity index (χ4n) is 2.99. The van der Waals surface area contributed by atoms with Crippen LogP contribution in [0.25, 0.3) is 0 Å². The number of hydrazine groups is 1. The topological polar surface area (TPSA) is 50.5 Å². The van der Waals surface area contributed by atoms with Gasteiger partial charge in [-0.15, -0.1) is 0 Å². The Labute approximate surface area is 98.5 Å². The molecule has 94 valence electrons. The smallest absolute Gasteiger partial charge is 0.0868 e. The molecular formula is C12H25N3O. The van der Waals surface area contributed by atoms with E-state index in [-0.39, 0.29) is 6.10 Å². The number of nitrogens with one attached hydrogen (secondary N) is 1. The van der Waals surface area contributed by atoms with Gasteiger partial charge in [0.2, 0.25) is 0 Å². The molecular weight excluding hydrogens is 202 g/mol. The second-order valence-electron chi connectivity index (χ2n) is 5.33. The molecule has 0 aromatic heterocycles. The zero-order valence-electron chi connectivity index (χ0n) is 10.3. The molecule has 2 atom stereocenters. The highest BCUT2D eigenvalue weighted by molar-refractivity contribution is 4.84. The van der Waals surface area contributed by atoms with E-state index < -0.39 is 0 Å². The molecule has 0 aromatic carbocycles. The fourth-order valence-corrected chi connectivity index (χ4v) is 2.99. The van der Waals surface area contributed by atoms with Crippen molar-refractivity contribution in [3.63, 3.8) is 0 Å². The van der Waals surface area contributed by atoms with E-state index in [1.165, 1.54) is 32.1 Å². The van der Waals surface area contributed by atoms with Crippen LogP contribution in [0.1, 0.15) is 32.1 Å². The van der Waals surface area contributed by atoms with E-state index in [1.807, 2.05) is 0 Å². The lowest BCUT2D eigenvalue weighted by atomic mass is 9.95. The second kappa shape index (κ2) is 5.96. The number of rotatable bonds is 4. The van der Waals surface area contributed by atoms with E-state index in [2.05, 4.69) is 17.4 Å². The number of morpholine rings is 1. The largest absolute Gasteiger partial charge is 0.374 e. The van der Waals surface area contributed by atoms with E-state index in [4.69, 9.17) is 10.6 Å². The summed E-state index contributed by atoms with van der Waals surface area (Å²) in [6.45, 7) is 2.88. The number of ether oxygens (including phenoxy) is 1. The lowest BCUT2D eigenvalue weighted by Gasteiger charge is -2.35. The van der Waals surface area contributed by atoms with E-state index in [0.29, 0.717) is 6.04 Å². The first-order valence-corrected chi connectivity index (χ1v) is 6.56. The first-order chi connectivity index (χ1) is 7.79. The van der Waals surface area contributed by atoms with Crippen LogP contribution in [-0.4, -0.2) is 43.8 Å². The summed E-state index contributed by atoms with van der Waals surface area (Å²) >= 11 is 0. The number of likely N-dealkylation sites (N-methyl/N-ethyl adjacent to an activating group) is 1. The van der Waals surface area contributed by atoms with E-state index >= 15 is 0 Å². The Morgan fingerprint density at radius 1 is 1.44 bits per heavy atom. The predicted molar refractivity (Wildman–Crippen MR) is 64.9 cm³/mol. The standard InChI is InChI=1S/C12H25N3O/c1-15-6-7-16-12(9-15)11(14-13)8-10-4-2-3-5-10/h10-12,14H,2-9,13H2,1H3. The van der Waals surface area contributed by atoms with Crippen molar-refractivity contribution in [2.24, 2.45) is 11.8 Å². The molecule has 16 heavy (non-hydrogen) atoms. The molecule has 0 radical (unpaired) electrons. The van der Waals surface area contributed by atoms with Gasteiger partial charge in [-0.25, -0.2) is 0 Å². The maximum atomic E-state index is 5.83. The van der Waals surface area contributed by atoms with Crippen LogP contribution in [0.2, 0.25) is 0 Å². The summed E-state index contributed by atoms with van der Waals surface area (Å²) in [5.41, 5.74) is 2.97. The number of nitrogens with zero attached hydrogens (tertiary/aromatic N) is 1. The fraction of sp³-hybridized carbons (Fsp3) is 1.00. The first-order valence-electron chi connectivity index (χ1n) is 6.56. The lowest BCUT2D eigenvalue weighted by molar-refractivity contribution is -0.0423. The highest BCUT2D eigenvalue weighted by atomic mass is 16.5. The summed E-state index contributed by atoms with van der Waals surface area (Å²) in [5, 5.41) is 0. The summed E-state index contributed by atoms with van der Waals surface area (Å²) in [6.07, 6.45) is 6.99. The van der Waals surface area contributed by atoms with Crippen LogP contribution in [0.4, 0.5) is 0 Å². The van der Waals surface area contributed by atoms with Crippen molar-refractivity contribution in [1.29, 1.82) is 0 Å². The number of hydrogen-bond donors (Lipinski definition) is 2. The van der Waals surface area contributed by atoms with Crippen molar-refractivity contribution in [3.8, 4) is 0 Å². The molecule has 2 unspecified atom stereocenters. The summed E-state index contributed by atoms with van der Waals surface area (Å²) < 4.78 is 5.83. The van der Waals surface area contributed by atoms with Gasteiger partial charge in [-0.3, -0.25) is 11.3 Å². The summed E-state index contributed by atoms with van der Waals surface area (Å²) in [6, 6.07) is 0.325. The number of nitrogens with two attached hydrogens (primary N) is 1. The van der Waals surface area contributed by atoms with Gasteiger partial charge in [0.05, 0.1) is 12.7 Å². The molecule has 2 fully saturated rings. The van der Waals surface area contributed by atoms with Crippen LogP contribution in [0.3, 0.4) is 0 Å². The van der Waals surface area contributed by atoms with Gasteiger partial charge in [-0.2, -0.15) is 0 Å². The van der Waals surface area contributed by atoms with Crippen LogP contribution >= 0.6 is 0 Å². The van der Waals surface area contributed by atoms with Crippen LogP contribution < -0.4 is 11.3 Å². The SMILES string of the molecule is CN1CCOC(C(CC2CCCC2)NN)C1.